The van der Waals surface area contributed by atoms with E-state index in [4.69, 9.17) is 0 Å². The molecule has 3 aliphatic heterocycles. The minimum atomic E-state index is 0.847. The highest BCUT2D eigenvalue weighted by molar-refractivity contribution is 4.56. The minimum absolute atomic E-state index is 0.847. The highest BCUT2D eigenvalue weighted by atomic mass is 15.9. The SMILES string of the molecule is C1CNN2NCCNN(N1)NCCN2. The molecule has 3 rings (SSSR count). The number of rotatable bonds is 0. The first-order chi connectivity index (χ1) is 6.95. The lowest BCUT2D eigenvalue weighted by molar-refractivity contribution is -0.0119. The second-order valence-electron chi connectivity index (χ2n) is 3.12. The molecule has 0 aliphatic carbocycles. The first-order valence-corrected chi connectivity index (χ1v) is 4.96. The molecule has 8 heteroatoms. The topological polar surface area (TPSA) is 78.7 Å². The molecule has 3 fully saturated rings. The molecule has 0 saturated carbocycles. The first kappa shape index (κ1) is 10.2. The third kappa shape index (κ3) is 3.12. The number of hydrazine groups is 6. The van der Waals surface area contributed by atoms with Gasteiger partial charge in [-0.25, -0.2) is 32.6 Å². The van der Waals surface area contributed by atoms with Crippen LogP contribution in [-0.4, -0.2) is 49.7 Å². The fraction of sp³-hybridized carbons (Fsp3) is 1.00. The summed E-state index contributed by atoms with van der Waals surface area (Å²) in [5.74, 6) is 0. The summed E-state index contributed by atoms with van der Waals surface area (Å²) in [5, 5.41) is 3.65. The Kier molecular flexibility index (Phi) is 4.03. The average Bonchev–Trinajstić information content (AvgIpc) is 2.25. The Morgan fingerprint density at radius 1 is 0.429 bits per heavy atom. The smallest absolute Gasteiger partial charge is 0.0270 e. The van der Waals surface area contributed by atoms with Crippen LogP contribution in [0.2, 0.25) is 0 Å². The van der Waals surface area contributed by atoms with Gasteiger partial charge in [-0.1, -0.05) is 0 Å². The molecule has 0 radical (unpaired) electrons. The normalized spacial score (nSPS) is 36.0. The predicted molar refractivity (Wildman–Crippen MR) is 51.7 cm³/mol. The van der Waals surface area contributed by atoms with Crippen LogP contribution < -0.4 is 32.6 Å². The molecular weight excluding hydrogens is 184 g/mol. The van der Waals surface area contributed by atoms with Gasteiger partial charge < -0.3 is 0 Å². The van der Waals surface area contributed by atoms with Gasteiger partial charge in [0.2, 0.25) is 0 Å². The van der Waals surface area contributed by atoms with Crippen LogP contribution in [0.3, 0.4) is 0 Å². The Balaban J connectivity index is 1.93. The van der Waals surface area contributed by atoms with E-state index < -0.39 is 0 Å². The molecule has 0 aromatic rings. The van der Waals surface area contributed by atoms with Crippen LogP contribution >= 0.6 is 0 Å². The maximum absolute atomic E-state index is 3.21. The Labute approximate surface area is 83.2 Å². The largest absolute Gasteiger partial charge is 0.226 e. The number of fused-ring (bicyclic) bond motifs is 9. The van der Waals surface area contributed by atoms with E-state index in [1.54, 1.807) is 0 Å². The summed E-state index contributed by atoms with van der Waals surface area (Å²) in [6.45, 7) is 5.08. The van der Waals surface area contributed by atoms with Crippen molar-refractivity contribution in [2.75, 3.05) is 39.3 Å². The van der Waals surface area contributed by atoms with Crippen LogP contribution in [0.5, 0.6) is 0 Å². The summed E-state index contributed by atoms with van der Waals surface area (Å²) in [7, 11) is 0. The van der Waals surface area contributed by atoms with Crippen molar-refractivity contribution in [3.05, 3.63) is 0 Å². The highest BCUT2D eigenvalue weighted by Crippen LogP contribution is 1.77. The van der Waals surface area contributed by atoms with Crippen molar-refractivity contribution < 1.29 is 0 Å². The molecule has 3 heterocycles. The zero-order chi connectivity index (χ0) is 9.64. The Morgan fingerprint density at radius 3 is 0.857 bits per heavy atom. The average molecular weight is 202 g/mol. The molecule has 0 aromatic carbocycles. The first-order valence-electron chi connectivity index (χ1n) is 4.96. The summed E-state index contributed by atoms with van der Waals surface area (Å²) in [6, 6.07) is 0. The molecular formula is C6H18N8. The van der Waals surface area contributed by atoms with E-state index in [0.717, 1.165) is 39.3 Å². The molecule has 0 aromatic heterocycles. The fourth-order valence-corrected chi connectivity index (χ4v) is 1.34. The van der Waals surface area contributed by atoms with Crippen LogP contribution in [-0.2, 0) is 0 Å². The van der Waals surface area contributed by atoms with Gasteiger partial charge in [0.1, 0.15) is 0 Å². The van der Waals surface area contributed by atoms with E-state index in [1.165, 1.54) is 0 Å². The monoisotopic (exact) mass is 202 g/mol. The molecule has 82 valence electrons. The maximum Gasteiger partial charge on any atom is 0.0270 e. The van der Waals surface area contributed by atoms with E-state index in [0.29, 0.717) is 0 Å². The predicted octanol–water partition coefficient (Wildman–Crippen LogP) is -3.35. The highest BCUT2D eigenvalue weighted by Gasteiger charge is 2.10. The van der Waals surface area contributed by atoms with Gasteiger partial charge in [0.25, 0.3) is 0 Å². The fourth-order valence-electron chi connectivity index (χ4n) is 1.34. The molecule has 8 nitrogen and oxygen atoms in total. The van der Waals surface area contributed by atoms with Crippen LogP contribution in [0.25, 0.3) is 0 Å². The lowest BCUT2D eigenvalue weighted by atomic mass is 10.6. The molecule has 3 saturated heterocycles. The van der Waals surface area contributed by atoms with Crippen molar-refractivity contribution in [3.8, 4) is 0 Å². The van der Waals surface area contributed by atoms with Crippen molar-refractivity contribution in [2.24, 2.45) is 0 Å². The molecule has 0 spiro atoms. The minimum Gasteiger partial charge on any atom is -0.226 e. The van der Waals surface area contributed by atoms with Gasteiger partial charge >= 0.3 is 0 Å². The van der Waals surface area contributed by atoms with Crippen molar-refractivity contribution in [1.82, 2.24) is 43.0 Å². The quantitative estimate of drug-likeness (QED) is 0.243. The zero-order valence-corrected chi connectivity index (χ0v) is 8.14. The Morgan fingerprint density at radius 2 is 0.643 bits per heavy atom. The van der Waals surface area contributed by atoms with Gasteiger partial charge in [-0.3, -0.25) is 0 Å². The third-order valence-electron chi connectivity index (χ3n) is 1.99. The molecule has 3 aliphatic rings. The number of nitrogens with one attached hydrogen (secondary N) is 6. The summed E-state index contributed by atoms with van der Waals surface area (Å²) < 4.78 is 0. The lowest BCUT2D eigenvalue weighted by Crippen LogP contribution is -2.67. The van der Waals surface area contributed by atoms with Crippen LogP contribution in [0, 0.1) is 0 Å². The summed E-state index contributed by atoms with van der Waals surface area (Å²) >= 11 is 0. The van der Waals surface area contributed by atoms with Gasteiger partial charge in [-0.05, 0) is 0 Å². The van der Waals surface area contributed by atoms with Crippen LogP contribution in [0.1, 0.15) is 0 Å². The second-order valence-corrected chi connectivity index (χ2v) is 3.12. The second kappa shape index (κ2) is 5.53. The van der Waals surface area contributed by atoms with E-state index in [1.807, 2.05) is 10.5 Å². The van der Waals surface area contributed by atoms with E-state index in [2.05, 4.69) is 32.6 Å². The van der Waals surface area contributed by atoms with Gasteiger partial charge in [-0.2, -0.15) is 0 Å². The van der Waals surface area contributed by atoms with Crippen LogP contribution in [0.15, 0.2) is 0 Å². The van der Waals surface area contributed by atoms with Crippen molar-refractivity contribution in [2.45, 2.75) is 0 Å². The third-order valence-corrected chi connectivity index (χ3v) is 1.99. The number of nitrogens with zero attached hydrogens (tertiary/aromatic N) is 2. The van der Waals surface area contributed by atoms with Gasteiger partial charge in [0, 0.05) is 39.3 Å². The Bertz CT molecular complexity index is 117. The lowest BCUT2D eigenvalue weighted by Gasteiger charge is -2.32. The van der Waals surface area contributed by atoms with E-state index in [-0.39, 0.29) is 0 Å². The van der Waals surface area contributed by atoms with Crippen LogP contribution in [0.4, 0.5) is 0 Å². The zero-order valence-electron chi connectivity index (χ0n) is 8.14. The number of hydrogen-bond acceptors (Lipinski definition) is 8. The van der Waals surface area contributed by atoms with Gasteiger partial charge in [0.05, 0.1) is 0 Å². The van der Waals surface area contributed by atoms with Gasteiger partial charge in [0.15, 0.2) is 0 Å². The molecule has 14 heavy (non-hydrogen) atoms. The molecule has 0 atom stereocenters. The van der Waals surface area contributed by atoms with Gasteiger partial charge in [-0.15, -0.1) is 10.5 Å². The molecule has 2 bridgehead atoms. The summed E-state index contributed by atoms with van der Waals surface area (Å²) in [4.78, 5) is 0. The maximum atomic E-state index is 3.21. The molecule has 0 unspecified atom stereocenters. The number of hydrogen-bond donors (Lipinski definition) is 6. The molecule has 0 amide bonds. The summed E-state index contributed by atoms with van der Waals surface area (Å²) in [5.41, 5.74) is 19.3. The van der Waals surface area contributed by atoms with E-state index >= 15 is 0 Å². The molecule has 6 N–H and O–H groups in total. The Hall–Kier alpha value is -0.320. The van der Waals surface area contributed by atoms with Crippen molar-refractivity contribution in [3.63, 3.8) is 0 Å². The summed E-state index contributed by atoms with van der Waals surface area (Å²) in [6.07, 6.45) is 0. The van der Waals surface area contributed by atoms with Crippen molar-refractivity contribution in [1.29, 1.82) is 0 Å². The van der Waals surface area contributed by atoms with E-state index in [9.17, 15) is 0 Å². The standard InChI is InChI=1S/C6H18N8/c1-2-8-14-11-5-3-9-13(7-1)10-4-6-12-14/h7-12H,1-6H2. The van der Waals surface area contributed by atoms with Crippen molar-refractivity contribution >= 4 is 0 Å².